The molecule has 0 saturated carbocycles. The van der Waals surface area contributed by atoms with Gasteiger partial charge in [-0.15, -0.1) is 0 Å². The summed E-state index contributed by atoms with van der Waals surface area (Å²) in [5.74, 6) is 1.52. The molecule has 1 N–H and O–H groups in total. The van der Waals surface area contributed by atoms with Crippen molar-refractivity contribution in [3.63, 3.8) is 0 Å². The highest BCUT2D eigenvalue weighted by Crippen LogP contribution is 2.32. The summed E-state index contributed by atoms with van der Waals surface area (Å²) in [6.07, 6.45) is 8.04. The third-order valence-corrected chi connectivity index (χ3v) is 6.85. The Morgan fingerprint density at radius 3 is 2.73 bits per heavy atom. The highest BCUT2D eigenvalue weighted by molar-refractivity contribution is 5.98. The molecule has 0 bridgehead atoms. The van der Waals surface area contributed by atoms with Gasteiger partial charge < -0.3 is 4.90 Å². The Morgan fingerprint density at radius 1 is 1.21 bits per heavy atom. The molecule has 1 aliphatic rings. The zero-order valence-electron chi connectivity index (χ0n) is 19.5. The van der Waals surface area contributed by atoms with E-state index in [-0.39, 0.29) is 11.7 Å². The van der Waals surface area contributed by atoms with Crippen LogP contribution >= 0.6 is 0 Å². The van der Waals surface area contributed by atoms with E-state index >= 15 is 0 Å². The summed E-state index contributed by atoms with van der Waals surface area (Å²) < 4.78 is 2.10. The number of rotatable bonds is 6. The maximum atomic E-state index is 13.4. The molecule has 4 heterocycles. The lowest BCUT2D eigenvalue weighted by atomic mass is 9.97. The van der Waals surface area contributed by atoms with Gasteiger partial charge in [0.05, 0.1) is 17.6 Å². The maximum absolute atomic E-state index is 13.4. The molecule has 170 valence electrons. The fourth-order valence-electron chi connectivity index (χ4n) is 4.71. The number of pyridine rings is 1. The number of ketones is 1. The van der Waals surface area contributed by atoms with E-state index < -0.39 is 0 Å². The predicted octanol–water partition coefficient (Wildman–Crippen LogP) is 5.04. The van der Waals surface area contributed by atoms with Gasteiger partial charge in [0.2, 0.25) is 0 Å². The standard InChI is InChI=1S/C26H30N6O/c1-17-8-10-31(11-9-17)22-13-20(24(33)12-19(3)25-28-16-29-30-25)15-32-23(14-27-26(22)32)21-7-5-4-6-18(21)2/h4-7,13-17,19H,8-12H2,1-3H3,(H,28,29,30)/t19-/m1/s1. The van der Waals surface area contributed by atoms with Gasteiger partial charge in [-0.1, -0.05) is 38.1 Å². The van der Waals surface area contributed by atoms with Crippen molar-refractivity contribution >= 4 is 17.1 Å². The number of Topliss-reactive ketones (excluding diaryl/α,β-unsaturated/α-hetero) is 1. The Morgan fingerprint density at radius 2 is 2.00 bits per heavy atom. The number of aromatic nitrogens is 5. The molecule has 4 aromatic rings. The average Bonchev–Trinajstić information content (AvgIpc) is 3.50. The number of nitrogens with zero attached hydrogens (tertiary/aromatic N) is 5. The molecule has 7 heteroatoms. The number of benzene rings is 1. The second-order valence-electron chi connectivity index (χ2n) is 9.33. The minimum atomic E-state index is -0.0337. The number of hydrogen-bond donors (Lipinski definition) is 1. The van der Waals surface area contributed by atoms with Crippen molar-refractivity contribution in [1.29, 1.82) is 0 Å². The van der Waals surface area contributed by atoms with Crippen molar-refractivity contribution < 1.29 is 4.79 Å². The fourth-order valence-corrected chi connectivity index (χ4v) is 4.71. The van der Waals surface area contributed by atoms with Crippen LogP contribution in [0.1, 0.15) is 60.8 Å². The van der Waals surface area contributed by atoms with Crippen molar-refractivity contribution in [2.24, 2.45) is 5.92 Å². The Kier molecular flexibility index (Phi) is 5.70. The van der Waals surface area contributed by atoms with Gasteiger partial charge >= 0.3 is 0 Å². The topological polar surface area (TPSA) is 79.2 Å². The summed E-state index contributed by atoms with van der Waals surface area (Å²) in [5.41, 5.74) is 5.97. The van der Waals surface area contributed by atoms with E-state index in [2.05, 4.69) is 50.5 Å². The fraction of sp³-hybridized carbons (Fsp3) is 0.385. The van der Waals surface area contributed by atoms with E-state index in [1.807, 2.05) is 37.5 Å². The smallest absolute Gasteiger partial charge is 0.165 e. The van der Waals surface area contributed by atoms with Crippen molar-refractivity contribution in [2.45, 2.75) is 46.0 Å². The van der Waals surface area contributed by atoms with Gasteiger partial charge in [-0.05, 0) is 37.3 Å². The molecule has 33 heavy (non-hydrogen) atoms. The van der Waals surface area contributed by atoms with Gasteiger partial charge in [-0.25, -0.2) is 9.97 Å². The van der Waals surface area contributed by atoms with Gasteiger partial charge in [-0.2, -0.15) is 5.10 Å². The molecule has 0 radical (unpaired) electrons. The molecule has 1 aromatic carbocycles. The molecule has 0 spiro atoms. The molecule has 1 fully saturated rings. The molecule has 0 aliphatic carbocycles. The number of piperidine rings is 1. The molecular formula is C26H30N6O. The number of nitrogens with one attached hydrogen (secondary N) is 1. The summed E-state index contributed by atoms with van der Waals surface area (Å²) in [6, 6.07) is 10.3. The molecule has 0 unspecified atom stereocenters. The zero-order valence-corrected chi connectivity index (χ0v) is 19.5. The van der Waals surface area contributed by atoms with E-state index in [4.69, 9.17) is 4.98 Å². The summed E-state index contributed by atoms with van der Waals surface area (Å²) in [6.45, 7) is 8.38. The van der Waals surface area contributed by atoms with Gasteiger partial charge in [0.1, 0.15) is 12.2 Å². The van der Waals surface area contributed by atoms with Crippen molar-refractivity contribution in [3.05, 3.63) is 66.0 Å². The summed E-state index contributed by atoms with van der Waals surface area (Å²) in [4.78, 5) is 24.8. The van der Waals surface area contributed by atoms with Gasteiger partial charge in [0, 0.05) is 42.8 Å². The molecule has 7 nitrogen and oxygen atoms in total. The number of aromatic amines is 1. The van der Waals surface area contributed by atoms with E-state index in [1.54, 1.807) is 0 Å². The van der Waals surface area contributed by atoms with Crippen LogP contribution in [0.15, 0.2) is 49.1 Å². The van der Waals surface area contributed by atoms with Crippen molar-refractivity contribution in [1.82, 2.24) is 24.6 Å². The number of anilines is 1. The number of fused-ring (bicyclic) bond motifs is 1. The van der Waals surface area contributed by atoms with Crippen molar-refractivity contribution in [3.8, 4) is 11.3 Å². The van der Waals surface area contributed by atoms with Crippen LogP contribution < -0.4 is 4.90 Å². The largest absolute Gasteiger partial charge is 0.368 e. The molecule has 0 amide bonds. The Bertz CT molecular complexity index is 1270. The Labute approximate surface area is 193 Å². The molecular weight excluding hydrogens is 412 g/mol. The van der Waals surface area contributed by atoms with E-state index in [9.17, 15) is 4.79 Å². The number of imidazole rings is 1. The first-order valence-corrected chi connectivity index (χ1v) is 11.7. The minimum absolute atomic E-state index is 0.0337. The first kappa shape index (κ1) is 21.4. The molecule has 1 aliphatic heterocycles. The molecule has 1 atom stereocenters. The lowest BCUT2D eigenvalue weighted by Gasteiger charge is -2.32. The highest BCUT2D eigenvalue weighted by atomic mass is 16.1. The second kappa shape index (κ2) is 8.81. The van der Waals surface area contributed by atoms with E-state index in [0.717, 1.165) is 60.3 Å². The monoisotopic (exact) mass is 442 g/mol. The van der Waals surface area contributed by atoms with Gasteiger partial charge in [0.25, 0.3) is 0 Å². The van der Waals surface area contributed by atoms with Crippen LogP contribution in [0.4, 0.5) is 5.69 Å². The molecule has 3 aromatic heterocycles. The first-order chi connectivity index (χ1) is 16.0. The highest BCUT2D eigenvalue weighted by Gasteiger charge is 2.23. The van der Waals surface area contributed by atoms with Crippen LogP contribution in [0.3, 0.4) is 0 Å². The second-order valence-corrected chi connectivity index (χ2v) is 9.33. The Hall–Kier alpha value is -3.48. The third-order valence-electron chi connectivity index (χ3n) is 6.85. The van der Waals surface area contributed by atoms with Crippen LogP contribution in [0.2, 0.25) is 0 Å². The van der Waals surface area contributed by atoms with Gasteiger partial charge in [0.15, 0.2) is 11.4 Å². The summed E-state index contributed by atoms with van der Waals surface area (Å²) in [7, 11) is 0. The van der Waals surface area contributed by atoms with Crippen LogP contribution in [-0.4, -0.2) is 43.4 Å². The summed E-state index contributed by atoms with van der Waals surface area (Å²) in [5, 5.41) is 6.81. The number of H-pyrrole nitrogens is 1. The van der Waals surface area contributed by atoms with Crippen LogP contribution in [0, 0.1) is 12.8 Å². The lowest BCUT2D eigenvalue weighted by Crippen LogP contribution is -2.33. The molecule has 5 rings (SSSR count). The van der Waals surface area contributed by atoms with Crippen LogP contribution in [-0.2, 0) is 0 Å². The zero-order chi connectivity index (χ0) is 22.9. The first-order valence-electron chi connectivity index (χ1n) is 11.7. The van der Waals surface area contributed by atoms with Crippen LogP contribution in [0.25, 0.3) is 16.9 Å². The van der Waals surface area contributed by atoms with E-state index in [1.165, 1.54) is 11.9 Å². The average molecular weight is 443 g/mol. The lowest BCUT2D eigenvalue weighted by molar-refractivity contribution is 0.0974. The summed E-state index contributed by atoms with van der Waals surface area (Å²) >= 11 is 0. The molecule has 1 saturated heterocycles. The minimum Gasteiger partial charge on any atom is -0.368 e. The normalized spacial score (nSPS) is 15.8. The third kappa shape index (κ3) is 4.15. The Balaban J connectivity index is 1.59. The predicted molar refractivity (Wildman–Crippen MR) is 130 cm³/mol. The number of hydrogen-bond acceptors (Lipinski definition) is 5. The van der Waals surface area contributed by atoms with E-state index in [0.29, 0.717) is 12.0 Å². The maximum Gasteiger partial charge on any atom is 0.165 e. The van der Waals surface area contributed by atoms with Crippen LogP contribution in [0.5, 0.6) is 0 Å². The van der Waals surface area contributed by atoms with Crippen molar-refractivity contribution in [2.75, 3.05) is 18.0 Å². The SMILES string of the molecule is Cc1ccccc1-c1cnc2c(N3CCC(C)CC3)cc(C(=O)C[C@@H](C)c3ncn[nH]3)cn12. The van der Waals surface area contributed by atoms with Gasteiger partial charge in [-0.3, -0.25) is 14.3 Å². The number of carbonyl (C=O) groups is 1. The quantitative estimate of drug-likeness (QED) is 0.423. The number of aryl methyl sites for hydroxylation is 1. The number of carbonyl (C=O) groups excluding carboxylic acids is 1.